The number of hydrogen-bond acceptors (Lipinski definition) is 2. The molecule has 0 saturated carbocycles. The average Bonchev–Trinajstić information content (AvgIpc) is 2.74. The number of benzene rings is 2. The number of hydrogen-bond donors (Lipinski definition) is 0. The molecular formula is C13H6Cl3NO. The van der Waals surface area contributed by atoms with Crippen LogP contribution in [0.5, 0.6) is 0 Å². The van der Waals surface area contributed by atoms with E-state index < -0.39 is 0 Å². The molecule has 3 rings (SSSR count). The summed E-state index contributed by atoms with van der Waals surface area (Å²) in [5.41, 5.74) is 1.94. The lowest BCUT2D eigenvalue weighted by Gasteiger charge is -1.99. The van der Waals surface area contributed by atoms with Gasteiger partial charge in [0, 0.05) is 5.02 Å². The number of para-hydroxylation sites is 1. The highest BCUT2D eigenvalue weighted by Crippen LogP contribution is 2.33. The molecule has 3 aromatic rings. The Morgan fingerprint density at radius 1 is 0.944 bits per heavy atom. The summed E-state index contributed by atoms with van der Waals surface area (Å²) in [6.45, 7) is 0. The van der Waals surface area contributed by atoms with Crippen LogP contribution in [0, 0.1) is 0 Å². The minimum Gasteiger partial charge on any atom is -0.436 e. The van der Waals surface area contributed by atoms with Crippen molar-refractivity contribution in [3.63, 3.8) is 0 Å². The van der Waals surface area contributed by atoms with Crippen LogP contribution in [-0.2, 0) is 0 Å². The summed E-state index contributed by atoms with van der Waals surface area (Å²) >= 11 is 18.0. The summed E-state index contributed by atoms with van der Waals surface area (Å²) in [5, 5.41) is 1.61. The fourth-order valence-electron chi connectivity index (χ4n) is 1.69. The molecule has 0 fully saturated rings. The molecule has 0 saturated heterocycles. The highest BCUT2D eigenvalue weighted by molar-refractivity contribution is 6.36. The molecule has 5 heteroatoms. The number of nitrogens with zero attached hydrogens (tertiary/aromatic N) is 1. The van der Waals surface area contributed by atoms with Crippen LogP contribution in [0.3, 0.4) is 0 Å². The van der Waals surface area contributed by atoms with Crippen LogP contribution >= 0.6 is 34.8 Å². The van der Waals surface area contributed by atoms with E-state index in [2.05, 4.69) is 4.98 Å². The Labute approximate surface area is 118 Å². The summed E-state index contributed by atoms with van der Waals surface area (Å²) in [4.78, 5) is 4.35. The number of oxazole rings is 1. The van der Waals surface area contributed by atoms with E-state index in [1.54, 1.807) is 24.3 Å². The van der Waals surface area contributed by atoms with E-state index in [9.17, 15) is 0 Å². The summed E-state index contributed by atoms with van der Waals surface area (Å²) in [5.74, 6) is 0.430. The second-order valence-corrected chi connectivity index (χ2v) is 4.98. The SMILES string of the molecule is Clc1ccc(-c2nc3c(Cl)cccc3o2)c(Cl)c1. The zero-order valence-corrected chi connectivity index (χ0v) is 11.2. The van der Waals surface area contributed by atoms with Crippen molar-refractivity contribution in [1.29, 1.82) is 0 Å². The zero-order valence-electron chi connectivity index (χ0n) is 8.95. The highest BCUT2D eigenvalue weighted by atomic mass is 35.5. The van der Waals surface area contributed by atoms with Gasteiger partial charge in [0.15, 0.2) is 5.58 Å². The van der Waals surface area contributed by atoms with Crippen LogP contribution in [0.25, 0.3) is 22.6 Å². The van der Waals surface area contributed by atoms with Crippen molar-refractivity contribution in [2.45, 2.75) is 0 Å². The monoisotopic (exact) mass is 297 g/mol. The number of rotatable bonds is 1. The maximum atomic E-state index is 6.11. The normalized spacial score (nSPS) is 11.1. The van der Waals surface area contributed by atoms with Crippen molar-refractivity contribution in [2.75, 3.05) is 0 Å². The Balaban J connectivity index is 2.23. The first-order valence-corrected chi connectivity index (χ1v) is 6.29. The maximum Gasteiger partial charge on any atom is 0.228 e. The van der Waals surface area contributed by atoms with Crippen molar-refractivity contribution in [1.82, 2.24) is 4.98 Å². The first-order valence-electron chi connectivity index (χ1n) is 5.15. The molecule has 2 aromatic carbocycles. The lowest BCUT2D eigenvalue weighted by molar-refractivity contribution is 0.620. The van der Waals surface area contributed by atoms with E-state index in [-0.39, 0.29) is 0 Å². The molecule has 0 bridgehead atoms. The Morgan fingerprint density at radius 2 is 1.78 bits per heavy atom. The fourth-order valence-corrected chi connectivity index (χ4v) is 2.39. The van der Waals surface area contributed by atoms with Crippen molar-refractivity contribution < 1.29 is 4.42 Å². The predicted molar refractivity (Wildman–Crippen MR) is 74.5 cm³/mol. The van der Waals surface area contributed by atoms with Gasteiger partial charge in [0.05, 0.1) is 15.6 Å². The molecule has 0 atom stereocenters. The quantitative estimate of drug-likeness (QED) is 0.596. The van der Waals surface area contributed by atoms with E-state index >= 15 is 0 Å². The Bertz CT molecular complexity index is 736. The summed E-state index contributed by atoms with van der Waals surface area (Å²) in [6.07, 6.45) is 0. The number of aromatic nitrogens is 1. The minimum absolute atomic E-state index is 0.430. The topological polar surface area (TPSA) is 26.0 Å². The first-order chi connectivity index (χ1) is 8.65. The van der Waals surface area contributed by atoms with Crippen LogP contribution in [0.4, 0.5) is 0 Å². The molecule has 90 valence electrons. The lowest BCUT2D eigenvalue weighted by Crippen LogP contribution is -1.79. The van der Waals surface area contributed by atoms with Gasteiger partial charge in [0.2, 0.25) is 5.89 Å². The van der Waals surface area contributed by atoms with Gasteiger partial charge in [-0.3, -0.25) is 0 Å². The molecule has 2 nitrogen and oxygen atoms in total. The Kier molecular flexibility index (Phi) is 2.94. The molecule has 1 heterocycles. The molecule has 0 aliphatic carbocycles. The van der Waals surface area contributed by atoms with Crippen molar-refractivity contribution >= 4 is 45.9 Å². The Hall–Kier alpha value is -1.22. The van der Waals surface area contributed by atoms with Gasteiger partial charge in [0.1, 0.15) is 5.52 Å². The van der Waals surface area contributed by atoms with Gasteiger partial charge in [-0.25, -0.2) is 4.98 Å². The van der Waals surface area contributed by atoms with Crippen molar-refractivity contribution in [3.8, 4) is 11.5 Å². The minimum atomic E-state index is 0.430. The van der Waals surface area contributed by atoms with Gasteiger partial charge < -0.3 is 4.42 Å². The summed E-state index contributed by atoms with van der Waals surface area (Å²) < 4.78 is 5.63. The van der Waals surface area contributed by atoms with Crippen LogP contribution < -0.4 is 0 Å². The van der Waals surface area contributed by atoms with Gasteiger partial charge >= 0.3 is 0 Å². The lowest BCUT2D eigenvalue weighted by atomic mass is 10.2. The molecule has 0 amide bonds. The van der Waals surface area contributed by atoms with Crippen LogP contribution in [0.15, 0.2) is 40.8 Å². The second-order valence-electron chi connectivity index (χ2n) is 3.73. The van der Waals surface area contributed by atoms with Gasteiger partial charge in [-0.2, -0.15) is 0 Å². The highest BCUT2D eigenvalue weighted by Gasteiger charge is 2.13. The van der Waals surface area contributed by atoms with Gasteiger partial charge in [-0.05, 0) is 30.3 Å². The number of halogens is 3. The average molecular weight is 299 g/mol. The molecule has 0 spiro atoms. The third-order valence-corrected chi connectivity index (χ3v) is 3.38. The zero-order chi connectivity index (χ0) is 12.7. The van der Waals surface area contributed by atoms with Crippen LogP contribution in [0.2, 0.25) is 15.1 Å². The van der Waals surface area contributed by atoms with Crippen molar-refractivity contribution in [3.05, 3.63) is 51.5 Å². The standard InChI is InChI=1S/C13H6Cl3NO/c14-7-4-5-8(10(16)6-7)13-17-12-9(15)2-1-3-11(12)18-13/h1-6H. The molecule has 18 heavy (non-hydrogen) atoms. The molecule has 1 aromatic heterocycles. The Morgan fingerprint density at radius 3 is 2.50 bits per heavy atom. The van der Waals surface area contributed by atoms with Gasteiger partial charge in [-0.15, -0.1) is 0 Å². The largest absolute Gasteiger partial charge is 0.436 e. The molecule has 0 aliphatic heterocycles. The van der Waals surface area contributed by atoms with Gasteiger partial charge in [0.25, 0.3) is 0 Å². The summed E-state index contributed by atoms with van der Waals surface area (Å²) in [6, 6.07) is 10.5. The molecule has 0 aliphatic rings. The second kappa shape index (κ2) is 4.47. The molecule has 0 unspecified atom stereocenters. The third kappa shape index (κ3) is 1.97. The molecular weight excluding hydrogens is 293 g/mol. The number of fused-ring (bicyclic) bond motifs is 1. The smallest absolute Gasteiger partial charge is 0.228 e. The van der Waals surface area contributed by atoms with Crippen LogP contribution in [0.1, 0.15) is 0 Å². The summed E-state index contributed by atoms with van der Waals surface area (Å²) in [7, 11) is 0. The van der Waals surface area contributed by atoms with Crippen LogP contribution in [-0.4, -0.2) is 4.98 Å². The van der Waals surface area contributed by atoms with E-state index in [1.807, 2.05) is 12.1 Å². The fraction of sp³-hybridized carbons (Fsp3) is 0. The van der Waals surface area contributed by atoms with Gasteiger partial charge in [-0.1, -0.05) is 40.9 Å². The van der Waals surface area contributed by atoms with E-state index in [0.717, 1.165) is 0 Å². The van der Waals surface area contributed by atoms with E-state index in [1.165, 1.54) is 0 Å². The first kappa shape index (κ1) is 11.8. The third-order valence-electron chi connectivity index (χ3n) is 2.53. The predicted octanol–water partition coefficient (Wildman–Crippen LogP) is 5.46. The molecule has 0 N–H and O–H groups in total. The molecule has 0 radical (unpaired) electrons. The van der Waals surface area contributed by atoms with E-state index in [0.29, 0.717) is 37.6 Å². The van der Waals surface area contributed by atoms with E-state index in [4.69, 9.17) is 39.2 Å². The van der Waals surface area contributed by atoms with Crippen molar-refractivity contribution in [2.24, 2.45) is 0 Å². The maximum absolute atomic E-state index is 6.11.